The third-order valence-electron chi connectivity index (χ3n) is 2.54. The van der Waals surface area contributed by atoms with Gasteiger partial charge in [-0.05, 0) is 11.6 Å². The average Bonchev–Trinajstić information content (AvgIpc) is 2.46. The number of nitrogens with one attached hydrogen (secondary N) is 1. The van der Waals surface area contributed by atoms with Crippen LogP contribution in [0.3, 0.4) is 0 Å². The molecule has 0 saturated heterocycles. The second-order valence-corrected chi connectivity index (χ2v) is 3.83. The van der Waals surface area contributed by atoms with Crippen molar-refractivity contribution in [3.05, 3.63) is 47.9 Å². The van der Waals surface area contributed by atoms with Crippen molar-refractivity contribution in [1.29, 1.82) is 0 Å². The van der Waals surface area contributed by atoms with Gasteiger partial charge in [0.1, 0.15) is 5.82 Å². The topological polar surface area (TPSA) is 90.1 Å². The Hall–Kier alpha value is -2.63. The lowest BCUT2D eigenvalue weighted by Gasteiger charge is -2.08. The van der Waals surface area contributed by atoms with E-state index in [2.05, 4.69) is 20.0 Å². The standard InChI is InChI=1S/C13H14N4O2/c1-19-13(18)11-7-15-8-12(17-11)16-6-9-4-2-3-5-10(9)14/h2-5,7-8H,6,14H2,1H3,(H,16,17). The fourth-order valence-electron chi connectivity index (χ4n) is 1.54. The molecular weight excluding hydrogens is 244 g/mol. The molecule has 0 atom stereocenters. The largest absolute Gasteiger partial charge is 0.464 e. The van der Waals surface area contributed by atoms with Gasteiger partial charge in [-0.15, -0.1) is 0 Å². The predicted octanol–water partition coefficient (Wildman–Crippen LogP) is 1.46. The first-order valence-electron chi connectivity index (χ1n) is 5.68. The minimum Gasteiger partial charge on any atom is -0.464 e. The number of carbonyl (C=O) groups excluding carboxylic acids is 1. The van der Waals surface area contributed by atoms with Gasteiger partial charge in [-0.3, -0.25) is 4.98 Å². The molecule has 1 aromatic carbocycles. The molecule has 6 heteroatoms. The molecule has 0 spiro atoms. The van der Waals surface area contributed by atoms with Gasteiger partial charge in [0.2, 0.25) is 0 Å². The molecule has 1 aromatic heterocycles. The van der Waals surface area contributed by atoms with E-state index in [1.165, 1.54) is 19.5 Å². The van der Waals surface area contributed by atoms with Gasteiger partial charge >= 0.3 is 5.97 Å². The van der Waals surface area contributed by atoms with Crippen LogP contribution in [0.2, 0.25) is 0 Å². The fourth-order valence-corrected chi connectivity index (χ4v) is 1.54. The zero-order valence-corrected chi connectivity index (χ0v) is 10.5. The number of rotatable bonds is 4. The normalized spacial score (nSPS) is 9.95. The summed E-state index contributed by atoms with van der Waals surface area (Å²) in [6.45, 7) is 0.506. The first-order valence-corrected chi connectivity index (χ1v) is 5.68. The van der Waals surface area contributed by atoms with Gasteiger partial charge in [-0.2, -0.15) is 0 Å². The highest BCUT2D eigenvalue weighted by Crippen LogP contribution is 2.12. The van der Waals surface area contributed by atoms with E-state index in [-0.39, 0.29) is 5.69 Å². The average molecular weight is 258 g/mol. The van der Waals surface area contributed by atoms with Gasteiger partial charge in [-0.1, -0.05) is 18.2 Å². The van der Waals surface area contributed by atoms with Crippen molar-refractivity contribution < 1.29 is 9.53 Å². The van der Waals surface area contributed by atoms with Gasteiger partial charge in [0.15, 0.2) is 5.69 Å². The third-order valence-corrected chi connectivity index (χ3v) is 2.54. The molecule has 0 saturated carbocycles. The molecule has 0 unspecified atom stereocenters. The lowest BCUT2D eigenvalue weighted by atomic mass is 10.2. The number of benzene rings is 1. The number of esters is 1. The molecule has 0 aliphatic carbocycles. The molecule has 3 N–H and O–H groups in total. The number of methoxy groups -OCH3 is 1. The molecule has 0 amide bonds. The van der Waals surface area contributed by atoms with Crippen LogP contribution in [0.1, 0.15) is 16.1 Å². The first-order chi connectivity index (χ1) is 9.20. The van der Waals surface area contributed by atoms with Gasteiger partial charge in [0, 0.05) is 12.2 Å². The van der Waals surface area contributed by atoms with Crippen LogP contribution in [0, 0.1) is 0 Å². The van der Waals surface area contributed by atoms with Crippen LogP contribution >= 0.6 is 0 Å². The Labute approximate surface area is 110 Å². The van der Waals surface area contributed by atoms with Crippen LogP contribution in [0.4, 0.5) is 11.5 Å². The van der Waals surface area contributed by atoms with Gasteiger partial charge in [0.05, 0.1) is 19.5 Å². The first kappa shape index (κ1) is 12.8. The molecule has 2 rings (SSSR count). The maximum absolute atomic E-state index is 11.3. The van der Waals surface area contributed by atoms with Crippen LogP contribution in [-0.4, -0.2) is 23.0 Å². The number of hydrogen-bond acceptors (Lipinski definition) is 6. The van der Waals surface area contributed by atoms with Crippen molar-refractivity contribution in [3.8, 4) is 0 Å². The highest BCUT2D eigenvalue weighted by Gasteiger charge is 2.08. The number of carbonyl (C=O) groups is 1. The van der Waals surface area contributed by atoms with Crippen molar-refractivity contribution in [1.82, 2.24) is 9.97 Å². The molecule has 0 radical (unpaired) electrons. The number of nitrogens with zero attached hydrogens (tertiary/aromatic N) is 2. The summed E-state index contributed by atoms with van der Waals surface area (Å²) in [5, 5.41) is 3.06. The van der Waals surface area contributed by atoms with Crippen LogP contribution < -0.4 is 11.1 Å². The summed E-state index contributed by atoms with van der Waals surface area (Å²) in [7, 11) is 1.30. The third kappa shape index (κ3) is 3.19. The fraction of sp³-hybridized carbons (Fsp3) is 0.154. The van der Waals surface area contributed by atoms with Gasteiger partial charge in [-0.25, -0.2) is 9.78 Å². The molecule has 0 fully saturated rings. The van der Waals surface area contributed by atoms with Crippen molar-refractivity contribution in [2.45, 2.75) is 6.54 Å². The monoisotopic (exact) mass is 258 g/mol. The second kappa shape index (κ2) is 5.81. The molecule has 6 nitrogen and oxygen atoms in total. The lowest BCUT2D eigenvalue weighted by Crippen LogP contribution is -2.09. The maximum Gasteiger partial charge on any atom is 0.358 e. The highest BCUT2D eigenvalue weighted by molar-refractivity contribution is 5.87. The Morgan fingerprint density at radius 2 is 2.16 bits per heavy atom. The molecule has 98 valence electrons. The number of ether oxygens (including phenoxy) is 1. The zero-order valence-electron chi connectivity index (χ0n) is 10.5. The number of aromatic nitrogens is 2. The van der Waals surface area contributed by atoms with Gasteiger partial charge < -0.3 is 15.8 Å². The number of hydrogen-bond donors (Lipinski definition) is 2. The number of anilines is 2. The smallest absolute Gasteiger partial charge is 0.358 e. The highest BCUT2D eigenvalue weighted by atomic mass is 16.5. The SMILES string of the molecule is COC(=O)c1cncc(NCc2ccccc2N)n1. The quantitative estimate of drug-likeness (QED) is 0.637. The Kier molecular flexibility index (Phi) is 3.92. The zero-order chi connectivity index (χ0) is 13.7. The van der Waals surface area contributed by atoms with Crippen molar-refractivity contribution >= 4 is 17.5 Å². The van der Waals surface area contributed by atoms with Crippen LogP contribution in [0.15, 0.2) is 36.7 Å². The van der Waals surface area contributed by atoms with Crippen LogP contribution in [-0.2, 0) is 11.3 Å². The minimum absolute atomic E-state index is 0.161. The second-order valence-electron chi connectivity index (χ2n) is 3.83. The van der Waals surface area contributed by atoms with E-state index in [4.69, 9.17) is 5.73 Å². The van der Waals surface area contributed by atoms with E-state index < -0.39 is 5.97 Å². The van der Waals surface area contributed by atoms with E-state index in [1.807, 2.05) is 24.3 Å². The molecule has 0 aliphatic heterocycles. The minimum atomic E-state index is -0.518. The van der Waals surface area contributed by atoms with E-state index >= 15 is 0 Å². The van der Waals surface area contributed by atoms with Gasteiger partial charge in [0.25, 0.3) is 0 Å². The van der Waals surface area contributed by atoms with Crippen molar-refractivity contribution in [2.24, 2.45) is 0 Å². The Balaban J connectivity index is 2.08. The Morgan fingerprint density at radius 1 is 1.37 bits per heavy atom. The molecule has 2 aromatic rings. The Morgan fingerprint density at radius 3 is 2.89 bits per heavy atom. The van der Waals surface area contributed by atoms with E-state index in [9.17, 15) is 4.79 Å². The Bertz CT molecular complexity index is 586. The summed E-state index contributed by atoms with van der Waals surface area (Å²) in [5.74, 6) is -0.0264. The predicted molar refractivity (Wildman–Crippen MR) is 71.6 cm³/mol. The van der Waals surface area contributed by atoms with E-state index in [1.54, 1.807) is 0 Å². The van der Waals surface area contributed by atoms with Crippen molar-refractivity contribution in [3.63, 3.8) is 0 Å². The summed E-state index contributed by atoms with van der Waals surface area (Å²) in [6, 6.07) is 7.52. The van der Waals surface area contributed by atoms with E-state index in [0.717, 1.165) is 5.56 Å². The molecule has 0 bridgehead atoms. The molecule has 19 heavy (non-hydrogen) atoms. The summed E-state index contributed by atoms with van der Waals surface area (Å²) in [5.41, 5.74) is 7.65. The molecule has 0 aliphatic rings. The molecule has 1 heterocycles. The summed E-state index contributed by atoms with van der Waals surface area (Å²) in [4.78, 5) is 19.4. The molecular formula is C13H14N4O2. The maximum atomic E-state index is 11.3. The van der Waals surface area contributed by atoms with Crippen LogP contribution in [0.5, 0.6) is 0 Å². The summed E-state index contributed by atoms with van der Waals surface area (Å²) < 4.78 is 4.58. The van der Waals surface area contributed by atoms with Crippen LogP contribution in [0.25, 0.3) is 0 Å². The van der Waals surface area contributed by atoms with Crippen molar-refractivity contribution in [2.75, 3.05) is 18.2 Å². The van der Waals surface area contributed by atoms with E-state index in [0.29, 0.717) is 18.1 Å². The number of nitrogens with two attached hydrogens (primary N) is 1. The number of nitrogen functional groups attached to an aromatic ring is 1. The lowest BCUT2D eigenvalue weighted by molar-refractivity contribution is 0.0593. The number of para-hydroxylation sites is 1. The summed E-state index contributed by atoms with van der Waals surface area (Å²) in [6.07, 6.45) is 2.89. The summed E-state index contributed by atoms with van der Waals surface area (Å²) >= 11 is 0.